The van der Waals surface area contributed by atoms with Crippen LogP contribution in [-0.2, 0) is 12.7 Å². The minimum Gasteiger partial charge on any atom is -0.505 e. The van der Waals surface area contributed by atoms with E-state index in [-0.39, 0.29) is 6.54 Å². The number of fused-ring (bicyclic) bond motifs is 1. The number of aromatic amines is 1. The molecular weight excluding hydrogens is 357 g/mol. The third kappa shape index (κ3) is 3.36. The van der Waals surface area contributed by atoms with E-state index < -0.39 is 34.5 Å². The number of aromatic hydroxyl groups is 1. The second-order valence-corrected chi connectivity index (χ2v) is 6.13. The van der Waals surface area contributed by atoms with Crippen molar-refractivity contribution in [3.05, 3.63) is 62.8 Å². The van der Waals surface area contributed by atoms with Crippen LogP contribution in [0.15, 0.2) is 40.5 Å². The molecule has 130 valence electrons. The summed E-state index contributed by atoms with van der Waals surface area (Å²) in [5.74, 6) is -1.23. The monoisotopic (exact) mass is 368 g/mol. The Balaban J connectivity index is 1.78. The molecule has 3 aromatic rings. The molecule has 3 N–H and O–H groups in total. The van der Waals surface area contributed by atoms with Gasteiger partial charge in [-0.05, 0) is 29.1 Å². The summed E-state index contributed by atoms with van der Waals surface area (Å²) in [5, 5.41) is 14.2. The molecule has 0 atom stereocenters. The van der Waals surface area contributed by atoms with Crippen LogP contribution in [-0.4, -0.2) is 16.0 Å². The zero-order chi connectivity index (χ0) is 18.2. The number of nitrogens with one attached hydrogen (secondary N) is 2. The zero-order valence-corrected chi connectivity index (χ0v) is 13.3. The van der Waals surface area contributed by atoms with Gasteiger partial charge in [0.2, 0.25) is 0 Å². The van der Waals surface area contributed by atoms with Crippen LogP contribution in [0, 0.1) is 0 Å². The van der Waals surface area contributed by atoms with Crippen molar-refractivity contribution in [2.45, 2.75) is 12.7 Å². The highest BCUT2D eigenvalue weighted by Crippen LogP contribution is 2.30. The molecule has 0 spiro atoms. The number of hydrogen-bond donors (Lipinski definition) is 3. The first-order chi connectivity index (χ1) is 11.8. The number of thiophene rings is 1. The number of rotatable bonds is 3. The number of carbonyl (C=O) groups is 1. The first-order valence-electron chi connectivity index (χ1n) is 7.04. The summed E-state index contributed by atoms with van der Waals surface area (Å²) in [4.78, 5) is 26.6. The van der Waals surface area contributed by atoms with Gasteiger partial charge in [0.25, 0.3) is 11.5 Å². The van der Waals surface area contributed by atoms with E-state index >= 15 is 0 Å². The maximum Gasteiger partial charge on any atom is 0.416 e. The van der Waals surface area contributed by atoms with E-state index in [1.807, 2.05) is 0 Å². The molecule has 0 saturated heterocycles. The highest BCUT2D eigenvalue weighted by atomic mass is 32.1. The van der Waals surface area contributed by atoms with Crippen LogP contribution < -0.4 is 10.9 Å². The number of H-pyrrole nitrogens is 1. The van der Waals surface area contributed by atoms with Gasteiger partial charge in [0.05, 0.1) is 15.8 Å². The highest BCUT2D eigenvalue weighted by molar-refractivity contribution is 7.17. The molecule has 0 saturated carbocycles. The Morgan fingerprint density at radius 2 is 1.88 bits per heavy atom. The summed E-state index contributed by atoms with van der Waals surface area (Å²) in [5.41, 5.74) is -1.11. The van der Waals surface area contributed by atoms with Gasteiger partial charge in [0.15, 0.2) is 5.75 Å². The standard InChI is InChI=1S/C16H11F3N2O3S/c17-16(18,19)9-3-1-8(2-4-9)7-20-14(23)11-12(22)13-10(5-6-25-13)21-15(11)24/h1-6H,7H2,(H,20,23)(H2,21,22,24). The van der Waals surface area contributed by atoms with Gasteiger partial charge in [-0.3, -0.25) is 9.59 Å². The van der Waals surface area contributed by atoms with Gasteiger partial charge in [-0.1, -0.05) is 12.1 Å². The Morgan fingerprint density at radius 3 is 2.52 bits per heavy atom. The first kappa shape index (κ1) is 17.0. The topological polar surface area (TPSA) is 82.2 Å². The van der Waals surface area contributed by atoms with Gasteiger partial charge in [-0.15, -0.1) is 11.3 Å². The minimum absolute atomic E-state index is 0.0850. The zero-order valence-electron chi connectivity index (χ0n) is 12.5. The molecule has 25 heavy (non-hydrogen) atoms. The Kier molecular flexibility index (Phi) is 4.25. The Morgan fingerprint density at radius 1 is 1.20 bits per heavy atom. The average molecular weight is 368 g/mol. The fraction of sp³-hybridized carbons (Fsp3) is 0.125. The van der Waals surface area contributed by atoms with E-state index in [1.165, 1.54) is 23.5 Å². The van der Waals surface area contributed by atoms with Crippen LogP contribution in [0.3, 0.4) is 0 Å². The number of carbonyl (C=O) groups excluding carboxylic acids is 1. The molecule has 1 aromatic carbocycles. The number of hydrogen-bond acceptors (Lipinski definition) is 4. The predicted octanol–water partition coefficient (Wildman–Crippen LogP) is 3.24. The molecule has 1 amide bonds. The molecule has 0 fully saturated rings. The largest absolute Gasteiger partial charge is 0.505 e. The number of alkyl halides is 3. The van der Waals surface area contributed by atoms with Gasteiger partial charge in [-0.25, -0.2) is 0 Å². The van der Waals surface area contributed by atoms with Crippen LogP contribution >= 0.6 is 11.3 Å². The number of pyridine rings is 1. The normalized spacial score (nSPS) is 11.6. The lowest BCUT2D eigenvalue weighted by molar-refractivity contribution is -0.137. The van der Waals surface area contributed by atoms with Crippen LogP contribution in [0.4, 0.5) is 13.2 Å². The lowest BCUT2D eigenvalue weighted by atomic mass is 10.1. The summed E-state index contributed by atoms with van der Waals surface area (Å²) in [6.45, 7) is -0.0850. The highest BCUT2D eigenvalue weighted by Gasteiger charge is 2.30. The Labute approximate surface area is 142 Å². The fourth-order valence-electron chi connectivity index (χ4n) is 2.29. The number of benzene rings is 1. The van der Waals surface area contributed by atoms with Gasteiger partial charge >= 0.3 is 6.18 Å². The molecule has 0 radical (unpaired) electrons. The van der Waals surface area contributed by atoms with Crippen molar-refractivity contribution in [2.24, 2.45) is 0 Å². The summed E-state index contributed by atoms with van der Waals surface area (Å²) < 4.78 is 37.9. The lowest BCUT2D eigenvalue weighted by Gasteiger charge is -2.09. The van der Waals surface area contributed by atoms with Crippen molar-refractivity contribution >= 4 is 27.5 Å². The van der Waals surface area contributed by atoms with Crippen LogP contribution in [0.2, 0.25) is 0 Å². The number of amides is 1. The van der Waals surface area contributed by atoms with E-state index in [0.29, 0.717) is 15.8 Å². The average Bonchev–Trinajstić information content (AvgIpc) is 3.01. The van der Waals surface area contributed by atoms with Crippen molar-refractivity contribution in [1.29, 1.82) is 0 Å². The van der Waals surface area contributed by atoms with Crippen molar-refractivity contribution in [2.75, 3.05) is 0 Å². The second-order valence-electron chi connectivity index (χ2n) is 5.22. The third-order valence-electron chi connectivity index (χ3n) is 3.55. The Hall–Kier alpha value is -2.81. The fourth-order valence-corrected chi connectivity index (χ4v) is 3.09. The molecular formula is C16H11F3N2O3S. The second kappa shape index (κ2) is 6.25. The van der Waals surface area contributed by atoms with Crippen molar-refractivity contribution in [3.63, 3.8) is 0 Å². The molecule has 0 aliphatic rings. The SMILES string of the molecule is O=C(NCc1ccc(C(F)(F)F)cc1)c1c(O)c2sccc2[nH]c1=O. The van der Waals surface area contributed by atoms with E-state index in [4.69, 9.17) is 0 Å². The quantitative estimate of drug-likeness (QED) is 0.664. The van der Waals surface area contributed by atoms with Crippen LogP contribution in [0.25, 0.3) is 10.2 Å². The smallest absolute Gasteiger partial charge is 0.416 e. The van der Waals surface area contributed by atoms with E-state index in [0.717, 1.165) is 12.1 Å². The molecule has 0 aliphatic carbocycles. The van der Waals surface area contributed by atoms with Crippen molar-refractivity contribution in [3.8, 4) is 5.75 Å². The molecule has 3 rings (SSSR count). The number of aromatic nitrogens is 1. The van der Waals surface area contributed by atoms with Crippen LogP contribution in [0.5, 0.6) is 5.75 Å². The third-order valence-corrected chi connectivity index (χ3v) is 4.47. The molecule has 5 nitrogen and oxygen atoms in total. The van der Waals surface area contributed by atoms with Crippen LogP contribution in [0.1, 0.15) is 21.5 Å². The molecule has 2 heterocycles. The van der Waals surface area contributed by atoms with Crippen molar-refractivity contribution < 1.29 is 23.1 Å². The molecule has 9 heteroatoms. The molecule has 0 bridgehead atoms. The van der Waals surface area contributed by atoms with Crippen molar-refractivity contribution in [1.82, 2.24) is 10.3 Å². The summed E-state index contributed by atoms with van der Waals surface area (Å²) in [6, 6.07) is 5.88. The van der Waals surface area contributed by atoms with E-state index in [1.54, 1.807) is 11.4 Å². The minimum atomic E-state index is -4.43. The summed E-state index contributed by atoms with van der Waals surface area (Å²) >= 11 is 1.17. The first-order valence-corrected chi connectivity index (χ1v) is 7.92. The number of halogens is 3. The van der Waals surface area contributed by atoms with E-state index in [9.17, 15) is 27.9 Å². The van der Waals surface area contributed by atoms with Gasteiger partial charge < -0.3 is 15.4 Å². The summed E-state index contributed by atoms with van der Waals surface area (Å²) in [6.07, 6.45) is -4.43. The molecule has 0 unspecified atom stereocenters. The Bertz CT molecular complexity index is 991. The maximum absolute atomic E-state index is 12.5. The van der Waals surface area contributed by atoms with E-state index in [2.05, 4.69) is 10.3 Å². The van der Waals surface area contributed by atoms with Gasteiger partial charge in [0, 0.05) is 6.54 Å². The predicted molar refractivity (Wildman–Crippen MR) is 86.7 cm³/mol. The van der Waals surface area contributed by atoms with Gasteiger partial charge in [0.1, 0.15) is 5.56 Å². The summed E-state index contributed by atoms with van der Waals surface area (Å²) in [7, 11) is 0. The molecule has 0 aliphatic heterocycles. The molecule has 2 aromatic heterocycles. The lowest BCUT2D eigenvalue weighted by Crippen LogP contribution is -2.29. The van der Waals surface area contributed by atoms with Gasteiger partial charge in [-0.2, -0.15) is 13.2 Å². The maximum atomic E-state index is 12.5.